The molecule has 7 nitrogen and oxygen atoms in total. The number of benzene rings is 3. The Hall–Kier alpha value is -3.43. The summed E-state index contributed by atoms with van der Waals surface area (Å²) in [6, 6.07) is 21.5. The Morgan fingerprint density at radius 2 is 1.62 bits per heavy atom. The molecule has 1 amide bonds. The lowest BCUT2D eigenvalue weighted by molar-refractivity contribution is -0.117. The molecule has 1 aliphatic rings. The van der Waals surface area contributed by atoms with Crippen molar-refractivity contribution in [3.63, 3.8) is 0 Å². The van der Waals surface area contributed by atoms with E-state index in [0.29, 0.717) is 24.5 Å². The quantitative estimate of drug-likeness (QED) is 0.559. The molecule has 1 saturated heterocycles. The molecule has 3 aromatic rings. The zero-order chi connectivity index (χ0) is 24.1. The summed E-state index contributed by atoms with van der Waals surface area (Å²) in [6.07, 6.45) is 0. The van der Waals surface area contributed by atoms with Crippen LogP contribution in [0.5, 0.6) is 0 Å². The van der Waals surface area contributed by atoms with Gasteiger partial charge in [0.25, 0.3) is 10.0 Å². The Balaban J connectivity index is 1.34. The molecular weight excluding hydrogens is 455 g/mol. The van der Waals surface area contributed by atoms with E-state index in [2.05, 4.69) is 10.2 Å². The topological polar surface area (TPSA) is 73.0 Å². The number of halogens is 1. The number of para-hydroxylation sites is 1. The minimum absolute atomic E-state index is 0.101. The molecule has 1 fully saturated rings. The summed E-state index contributed by atoms with van der Waals surface area (Å²) in [5, 5.41) is 2.81. The molecule has 1 heterocycles. The van der Waals surface area contributed by atoms with Gasteiger partial charge in [-0.05, 0) is 54.6 Å². The summed E-state index contributed by atoms with van der Waals surface area (Å²) in [6.45, 7) is 3.07. The summed E-state index contributed by atoms with van der Waals surface area (Å²) in [5.41, 5.74) is 1.94. The molecule has 178 valence electrons. The molecule has 9 heteroatoms. The molecule has 0 saturated carbocycles. The van der Waals surface area contributed by atoms with Crippen molar-refractivity contribution in [1.29, 1.82) is 0 Å². The van der Waals surface area contributed by atoms with Gasteiger partial charge in [-0.2, -0.15) is 0 Å². The number of amides is 1. The number of rotatable bonds is 7. The first kappa shape index (κ1) is 23.7. The summed E-state index contributed by atoms with van der Waals surface area (Å²) < 4.78 is 40.4. The highest BCUT2D eigenvalue weighted by Gasteiger charge is 2.23. The van der Waals surface area contributed by atoms with Crippen molar-refractivity contribution in [1.82, 2.24) is 4.90 Å². The number of hydrogen-bond donors (Lipinski definition) is 1. The normalized spacial score (nSPS) is 14.6. The molecule has 4 rings (SSSR count). The van der Waals surface area contributed by atoms with Gasteiger partial charge < -0.3 is 10.2 Å². The average Bonchev–Trinajstić information content (AvgIpc) is 2.85. The summed E-state index contributed by atoms with van der Waals surface area (Å²) in [5.74, 6) is -0.469. The Labute approximate surface area is 199 Å². The van der Waals surface area contributed by atoms with Crippen molar-refractivity contribution >= 4 is 33.0 Å². The van der Waals surface area contributed by atoms with Crippen LogP contribution < -0.4 is 14.5 Å². The lowest BCUT2D eigenvalue weighted by Gasteiger charge is -2.35. The molecule has 0 atom stereocenters. The van der Waals surface area contributed by atoms with Gasteiger partial charge in [0.15, 0.2) is 0 Å². The first-order valence-corrected chi connectivity index (χ1v) is 12.4. The Morgan fingerprint density at radius 1 is 0.941 bits per heavy atom. The number of carbonyl (C=O) groups is 1. The summed E-state index contributed by atoms with van der Waals surface area (Å²) in [7, 11) is -2.27. The van der Waals surface area contributed by atoms with Crippen LogP contribution in [0.3, 0.4) is 0 Å². The zero-order valence-electron chi connectivity index (χ0n) is 18.9. The first-order valence-electron chi connectivity index (χ1n) is 11.0. The monoisotopic (exact) mass is 482 g/mol. The molecule has 0 aromatic heterocycles. The van der Waals surface area contributed by atoms with E-state index in [1.165, 1.54) is 35.6 Å². The maximum absolute atomic E-state index is 13.1. The number of piperazine rings is 1. The van der Waals surface area contributed by atoms with Crippen LogP contribution in [-0.2, 0) is 14.8 Å². The van der Waals surface area contributed by atoms with Crippen LogP contribution in [0.2, 0.25) is 0 Å². The van der Waals surface area contributed by atoms with Gasteiger partial charge in [0.2, 0.25) is 5.91 Å². The number of carbonyl (C=O) groups excluding carboxylic acids is 1. The van der Waals surface area contributed by atoms with E-state index in [1.807, 2.05) is 11.0 Å². The third kappa shape index (κ3) is 5.55. The van der Waals surface area contributed by atoms with Crippen LogP contribution in [0.25, 0.3) is 0 Å². The van der Waals surface area contributed by atoms with Gasteiger partial charge in [-0.1, -0.05) is 24.3 Å². The van der Waals surface area contributed by atoms with Crippen molar-refractivity contribution < 1.29 is 17.6 Å². The van der Waals surface area contributed by atoms with Crippen LogP contribution in [0, 0.1) is 5.82 Å². The Kier molecular flexibility index (Phi) is 7.14. The second-order valence-electron chi connectivity index (χ2n) is 8.12. The van der Waals surface area contributed by atoms with E-state index in [1.54, 1.807) is 48.5 Å². The average molecular weight is 483 g/mol. The number of nitrogens with one attached hydrogen (secondary N) is 1. The van der Waals surface area contributed by atoms with Gasteiger partial charge >= 0.3 is 0 Å². The largest absolute Gasteiger partial charge is 0.369 e. The third-order valence-electron chi connectivity index (χ3n) is 5.83. The van der Waals surface area contributed by atoms with Crippen molar-refractivity contribution in [3.8, 4) is 0 Å². The molecule has 34 heavy (non-hydrogen) atoms. The van der Waals surface area contributed by atoms with Crippen LogP contribution in [0.1, 0.15) is 0 Å². The molecule has 0 aliphatic carbocycles. The molecular formula is C25H27FN4O3S. The number of nitrogens with zero attached hydrogens (tertiary/aromatic N) is 3. The molecule has 1 N–H and O–H groups in total. The fourth-order valence-corrected chi connectivity index (χ4v) is 5.13. The standard InChI is InChI=1S/C25H27FN4O3S/c1-28(22-7-3-2-4-8-22)34(32,33)24-9-5-6-21(18-24)27-25(31)19-29-14-16-30(17-15-29)23-12-10-20(26)11-13-23/h2-13,18H,14-17,19H2,1H3,(H,27,31). The molecule has 0 spiro atoms. The highest BCUT2D eigenvalue weighted by molar-refractivity contribution is 7.92. The number of anilines is 3. The van der Waals surface area contributed by atoms with Crippen molar-refractivity contribution in [2.75, 3.05) is 54.3 Å². The SMILES string of the molecule is CN(c1ccccc1)S(=O)(=O)c1cccc(NC(=O)CN2CCN(c3ccc(F)cc3)CC2)c1. The highest BCUT2D eigenvalue weighted by atomic mass is 32.2. The molecule has 3 aromatic carbocycles. The van der Waals surface area contributed by atoms with E-state index >= 15 is 0 Å². The minimum Gasteiger partial charge on any atom is -0.369 e. The fourth-order valence-electron chi connectivity index (χ4n) is 3.89. The maximum atomic E-state index is 13.1. The summed E-state index contributed by atoms with van der Waals surface area (Å²) in [4.78, 5) is 16.9. The Bertz CT molecular complexity index is 1230. The van der Waals surface area contributed by atoms with Crippen molar-refractivity contribution in [3.05, 3.63) is 84.7 Å². The minimum atomic E-state index is -3.77. The third-order valence-corrected chi connectivity index (χ3v) is 7.61. The molecule has 0 bridgehead atoms. The molecule has 1 aliphatic heterocycles. The van der Waals surface area contributed by atoms with Gasteiger partial charge in [-0.25, -0.2) is 12.8 Å². The van der Waals surface area contributed by atoms with Gasteiger partial charge in [0.05, 0.1) is 17.1 Å². The lowest BCUT2D eigenvalue weighted by atomic mass is 10.2. The molecule has 0 unspecified atom stereocenters. The number of hydrogen-bond acceptors (Lipinski definition) is 5. The van der Waals surface area contributed by atoms with Crippen molar-refractivity contribution in [2.24, 2.45) is 0 Å². The van der Waals surface area contributed by atoms with Crippen LogP contribution in [0.4, 0.5) is 21.5 Å². The lowest BCUT2D eigenvalue weighted by Crippen LogP contribution is -2.48. The van der Waals surface area contributed by atoms with Gasteiger partial charge in [0, 0.05) is 44.6 Å². The fraction of sp³-hybridized carbons (Fsp3) is 0.240. The predicted octanol–water partition coefficient (Wildman–Crippen LogP) is 3.41. The summed E-state index contributed by atoms with van der Waals surface area (Å²) >= 11 is 0. The van der Waals surface area contributed by atoms with Crippen LogP contribution in [-0.4, -0.2) is 59.0 Å². The van der Waals surface area contributed by atoms with E-state index in [9.17, 15) is 17.6 Å². The van der Waals surface area contributed by atoms with E-state index < -0.39 is 10.0 Å². The maximum Gasteiger partial charge on any atom is 0.264 e. The van der Waals surface area contributed by atoms with Crippen LogP contribution >= 0.6 is 0 Å². The van der Waals surface area contributed by atoms with E-state index in [-0.39, 0.29) is 23.2 Å². The second-order valence-corrected chi connectivity index (χ2v) is 10.1. The van der Waals surface area contributed by atoms with Crippen molar-refractivity contribution in [2.45, 2.75) is 4.90 Å². The molecule has 0 radical (unpaired) electrons. The highest BCUT2D eigenvalue weighted by Crippen LogP contribution is 2.24. The zero-order valence-corrected chi connectivity index (χ0v) is 19.7. The van der Waals surface area contributed by atoms with Gasteiger partial charge in [-0.15, -0.1) is 0 Å². The van der Waals surface area contributed by atoms with E-state index in [4.69, 9.17) is 0 Å². The van der Waals surface area contributed by atoms with Crippen LogP contribution in [0.15, 0.2) is 83.8 Å². The number of sulfonamides is 1. The van der Waals surface area contributed by atoms with E-state index in [0.717, 1.165) is 18.8 Å². The van der Waals surface area contributed by atoms with Gasteiger partial charge in [0.1, 0.15) is 5.82 Å². The first-order chi connectivity index (χ1) is 16.3. The second kappa shape index (κ2) is 10.2. The Morgan fingerprint density at radius 3 is 2.29 bits per heavy atom. The smallest absolute Gasteiger partial charge is 0.264 e. The predicted molar refractivity (Wildman–Crippen MR) is 132 cm³/mol. The van der Waals surface area contributed by atoms with Gasteiger partial charge in [-0.3, -0.25) is 14.0 Å².